The van der Waals surface area contributed by atoms with Gasteiger partial charge in [-0.05, 0) is 12.2 Å². The second-order valence-electron chi connectivity index (χ2n) is 1.81. The molecule has 0 saturated carbocycles. The Labute approximate surface area is 66.2 Å². The molecule has 1 aromatic rings. The van der Waals surface area contributed by atoms with Crippen molar-refractivity contribution in [3.8, 4) is 5.88 Å². The smallest absolute Gasteiger partial charge is 0.264 e. The van der Waals surface area contributed by atoms with E-state index in [1.807, 2.05) is 0 Å². The molecule has 0 amide bonds. The number of hydrogen-bond donors (Lipinski definition) is 4. The van der Waals surface area contributed by atoms with Crippen molar-refractivity contribution < 1.29 is 5.11 Å². The van der Waals surface area contributed by atoms with Gasteiger partial charge in [0, 0.05) is 6.21 Å². The van der Waals surface area contributed by atoms with Gasteiger partial charge in [-0.1, -0.05) is 0 Å². The maximum Gasteiger partial charge on any atom is 0.264 e. The van der Waals surface area contributed by atoms with E-state index in [9.17, 15) is 4.79 Å². The van der Waals surface area contributed by atoms with Crippen LogP contribution in [0, 0.1) is 10.2 Å². The molecule has 0 aliphatic rings. The van der Waals surface area contributed by atoms with Gasteiger partial charge in [0.15, 0.2) is 4.77 Å². The van der Waals surface area contributed by atoms with Gasteiger partial charge in [-0.3, -0.25) is 9.78 Å². The molecule has 0 aromatic carbocycles. The van der Waals surface area contributed by atoms with Gasteiger partial charge in [0.1, 0.15) is 5.56 Å². The van der Waals surface area contributed by atoms with Crippen molar-refractivity contribution in [3.63, 3.8) is 0 Å². The second-order valence-corrected chi connectivity index (χ2v) is 2.22. The molecule has 0 aliphatic heterocycles. The lowest BCUT2D eigenvalue weighted by atomic mass is 10.3. The van der Waals surface area contributed by atoms with E-state index in [2.05, 4.69) is 22.2 Å². The molecular weight excluding hydrogens is 166 g/mol. The van der Waals surface area contributed by atoms with Gasteiger partial charge < -0.3 is 15.5 Å². The van der Waals surface area contributed by atoms with E-state index in [-0.39, 0.29) is 16.2 Å². The first-order chi connectivity index (χ1) is 5.15. The third-order valence-electron chi connectivity index (χ3n) is 1.10. The Hall–Kier alpha value is -1.43. The van der Waals surface area contributed by atoms with Gasteiger partial charge in [0.25, 0.3) is 5.56 Å². The first kappa shape index (κ1) is 7.67. The summed E-state index contributed by atoms with van der Waals surface area (Å²) in [6.45, 7) is 0. The van der Waals surface area contributed by atoms with Crippen molar-refractivity contribution in [2.75, 3.05) is 0 Å². The van der Waals surface area contributed by atoms with E-state index in [0.29, 0.717) is 0 Å². The fraction of sp³-hybridized carbons (Fsp3) is 0. The van der Waals surface area contributed by atoms with E-state index in [1.165, 1.54) is 0 Å². The van der Waals surface area contributed by atoms with E-state index in [4.69, 9.17) is 10.5 Å². The molecule has 6 heteroatoms. The standard InChI is InChI=1S/C5H5N3O2S/c6-1-2-3(9)7-5(11)8-4(2)10/h1,6H,(H3,7,8,9,10,11). The van der Waals surface area contributed by atoms with Gasteiger partial charge in [-0.2, -0.15) is 0 Å². The summed E-state index contributed by atoms with van der Waals surface area (Å²) in [5.74, 6) is -0.381. The molecule has 1 heterocycles. The van der Waals surface area contributed by atoms with Crippen molar-refractivity contribution >= 4 is 18.4 Å². The Morgan fingerprint density at radius 1 is 1.55 bits per heavy atom. The van der Waals surface area contributed by atoms with Gasteiger partial charge in [-0.25, -0.2) is 0 Å². The van der Waals surface area contributed by atoms with E-state index >= 15 is 0 Å². The van der Waals surface area contributed by atoms with Crippen LogP contribution in [0.15, 0.2) is 4.79 Å². The molecular formula is C5H5N3O2S. The second kappa shape index (κ2) is 2.67. The van der Waals surface area contributed by atoms with Crippen LogP contribution in [0.2, 0.25) is 0 Å². The third kappa shape index (κ3) is 1.35. The SMILES string of the molecule is N=Cc1c(O)[nH]c(=S)[nH]c1=O. The number of aromatic amines is 2. The minimum atomic E-state index is -0.568. The molecule has 0 bridgehead atoms. The van der Waals surface area contributed by atoms with Crippen LogP contribution in [0.4, 0.5) is 0 Å². The molecule has 58 valence electrons. The zero-order valence-corrected chi connectivity index (χ0v) is 6.16. The Morgan fingerprint density at radius 3 is 2.64 bits per heavy atom. The van der Waals surface area contributed by atoms with E-state index in [0.717, 1.165) is 6.21 Å². The molecule has 0 atom stereocenters. The minimum Gasteiger partial charge on any atom is -0.494 e. The highest BCUT2D eigenvalue weighted by molar-refractivity contribution is 7.71. The van der Waals surface area contributed by atoms with Crippen molar-refractivity contribution in [2.45, 2.75) is 0 Å². The molecule has 5 nitrogen and oxygen atoms in total. The lowest BCUT2D eigenvalue weighted by Crippen LogP contribution is -2.13. The summed E-state index contributed by atoms with van der Waals surface area (Å²) >= 11 is 4.55. The molecule has 1 aromatic heterocycles. The van der Waals surface area contributed by atoms with Gasteiger partial charge in [0.05, 0.1) is 0 Å². The van der Waals surface area contributed by atoms with Crippen molar-refractivity contribution in [1.82, 2.24) is 9.97 Å². The van der Waals surface area contributed by atoms with Crippen LogP contribution in [0.1, 0.15) is 5.56 Å². The normalized spacial score (nSPS) is 9.45. The maximum atomic E-state index is 10.8. The fourth-order valence-corrected chi connectivity index (χ4v) is 0.807. The molecule has 0 radical (unpaired) electrons. The summed E-state index contributed by atoms with van der Waals surface area (Å²) in [6, 6.07) is 0. The van der Waals surface area contributed by atoms with Crippen molar-refractivity contribution in [2.24, 2.45) is 0 Å². The van der Waals surface area contributed by atoms with Gasteiger partial charge >= 0.3 is 0 Å². The third-order valence-corrected chi connectivity index (χ3v) is 1.31. The minimum absolute atomic E-state index is 0.0399. The average molecular weight is 171 g/mol. The summed E-state index contributed by atoms with van der Waals surface area (Å²) in [5.41, 5.74) is -0.695. The van der Waals surface area contributed by atoms with Crippen LogP contribution in [-0.2, 0) is 0 Å². The van der Waals surface area contributed by atoms with Crippen LogP contribution in [0.3, 0.4) is 0 Å². The maximum absolute atomic E-state index is 10.8. The van der Waals surface area contributed by atoms with Crippen LogP contribution < -0.4 is 5.56 Å². The number of rotatable bonds is 1. The topological polar surface area (TPSA) is 92.7 Å². The quantitative estimate of drug-likeness (QED) is 0.357. The van der Waals surface area contributed by atoms with Gasteiger partial charge in [-0.15, -0.1) is 0 Å². The fourth-order valence-electron chi connectivity index (χ4n) is 0.618. The first-order valence-electron chi connectivity index (χ1n) is 2.71. The largest absolute Gasteiger partial charge is 0.494 e. The van der Waals surface area contributed by atoms with E-state index < -0.39 is 5.56 Å². The number of hydrogen-bond acceptors (Lipinski definition) is 4. The lowest BCUT2D eigenvalue weighted by molar-refractivity contribution is 0.449. The monoisotopic (exact) mass is 171 g/mol. The predicted octanol–water partition coefficient (Wildman–Crippen LogP) is 0.136. The summed E-state index contributed by atoms with van der Waals surface area (Å²) in [7, 11) is 0. The highest BCUT2D eigenvalue weighted by Gasteiger charge is 2.01. The molecule has 1 rings (SSSR count). The van der Waals surface area contributed by atoms with Crippen LogP contribution in [0.5, 0.6) is 5.88 Å². The van der Waals surface area contributed by atoms with Crippen LogP contribution in [-0.4, -0.2) is 21.3 Å². The van der Waals surface area contributed by atoms with Gasteiger partial charge in [0.2, 0.25) is 5.88 Å². The Balaban J connectivity index is 3.62. The molecule has 0 fully saturated rings. The van der Waals surface area contributed by atoms with Crippen molar-refractivity contribution in [1.29, 1.82) is 5.41 Å². The summed E-state index contributed by atoms with van der Waals surface area (Å²) in [6.07, 6.45) is 0.749. The molecule has 0 spiro atoms. The average Bonchev–Trinajstić information content (AvgIpc) is 1.85. The first-order valence-corrected chi connectivity index (χ1v) is 3.12. The Kier molecular flexibility index (Phi) is 1.86. The molecule has 4 N–H and O–H groups in total. The highest BCUT2D eigenvalue weighted by atomic mass is 32.1. The van der Waals surface area contributed by atoms with Crippen molar-refractivity contribution in [3.05, 3.63) is 20.7 Å². The van der Waals surface area contributed by atoms with E-state index in [1.54, 1.807) is 0 Å². The molecule has 11 heavy (non-hydrogen) atoms. The van der Waals surface area contributed by atoms with Crippen LogP contribution in [0.25, 0.3) is 0 Å². The Morgan fingerprint density at radius 2 is 2.18 bits per heavy atom. The number of H-pyrrole nitrogens is 2. The highest BCUT2D eigenvalue weighted by Crippen LogP contribution is 2.02. The molecule has 0 aliphatic carbocycles. The molecule has 0 saturated heterocycles. The van der Waals surface area contributed by atoms with Crippen LogP contribution >= 0.6 is 12.2 Å². The zero-order valence-electron chi connectivity index (χ0n) is 5.34. The number of nitrogens with one attached hydrogen (secondary N) is 3. The zero-order chi connectivity index (χ0) is 8.43. The predicted molar refractivity (Wildman–Crippen MR) is 41.8 cm³/mol. The number of aromatic hydroxyl groups is 1. The summed E-state index contributed by atoms with van der Waals surface area (Å²) in [5, 5.41) is 15.7. The Bertz CT molecular complexity index is 391. The summed E-state index contributed by atoms with van der Waals surface area (Å²) < 4.78 is 0.0399. The number of aromatic nitrogens is 2. The lowest BCUT2D eigenvalue weighted by Gasteiger charge is -1.94. The summed E-state index contributed by atoms with van der Waals surface area (Å²) in [4.78, 5) is 15.4. The molecule has 0 unspecified atom stereocenters.